The zero-order valence-corrected chi connectivity index (χ0v) is 6.17. The molecule has 0 spiro atoms. The molecule has 3 heteroatoms. The minimum Gasteiger partial charge on any atom is -0.395 e. The van der Waals surface area contributed by atoms with Gasteiger partial charge >= 0.3 is 0 Å². The molecule has 0 bridgehead atoms. The Morgan fingerprint density at radius 3 is 2.56 bits per heavy atom. The fourth-order valence-electron chi connectivity index (χ4n) is 0.754. The summed E-state index contributed by atoms with van der Waals surface area (Å²) in [6, 6.07) is 0.196. The van der Waals surface area contributed by atoms with E-state index in [-0.39, 0.29) is 12.6 Å². The summed E-state index contributed by atoms with van der Waals surface area (Å²) in [4.78, 5) is 2.00. The number of nitrogens with zero attached hydrogens (tertiary/aromatic N) is 1. The third-order valence-electron chi connectivity index (χ3n) is 1.08. The van der Waals surface area contributed by atoms with Gasteiger partial charge in [0.05, 0.1) is 6.61 Å². The lowest BCUT2D eigenvalue weighted by Crippen LogP contribution is -2.34. The Morgan fingerprint density at radius 1 is 1.67 bits per heavy atom. The van der Waals surface area contributed by atoms with E-state index in [2.05, 4.69) is 0 Å². The summed E-state index contributed by atoms with van der Waals surface area (Å²) in [6.45, 7) is 3.72. The van der Waals surface area contributed by atoms with Gasteiger partial charge in [-0.05, 0) is 14.0 Å². The van der Waals surface area contributed by atoms with Crippen LogP contribution in [-0.4, -0.2) is 42.8 Å². The molecule has 0 saturated heterocycles. The van der Waals surface area contributed by atoms with Gasteiger partial charge in [0.2, 0.25) is 0 Å². The molecule has 0 radical (unpaired) electrons. The molecule has 9 heavy (non-hydrogen) atoms. The van der Waals surface area contributed by atoms with Crippen LogP contribution in [0.4, 0.5) is 0 Å². The van der Waals surface area contributed by atoms with Crippen LogP contribution in [0.1, 0.15) is 6.92 Å². The van der Waals surface area contributed by atoms with E-state index in [1.807, 2.05) is 18.9 Å². The third-order valence-corrected chi connectivity index (χ3v) is 1.08. The lowest BCUT2D eigenvalue weighted by molar-refractivity contribution is 0.216. The highest BCUT2D eigenvalue weighted by Gasteiger charge is 1.98. The maximum absolute atomic E-state index is 8.47. The summed E-state index contributed by atoms with van der Waals surface area (Å²) in [5.41, 5.74) is 5.50. The second-order valence-electron chi connectivity index (χ2n) is 2.46. The Balaban J connectivity index is 3.15. The van der Waals surface area contributed by atoms with Crippen molar-refractivity contribution in [2.45, 2.75) is 13.0 Å². The van der Waals surface area contributed by atoms with Crippen LogP contribution in [-0.2, 0) is 0 Å². The van der Waals surface area contributed by atoms with Gasteiger partial charge in [0.25, 0.3) is 0 Å². The monoisotopic (exact) mass is 132 g/mol. The maximum Gasteiger partial charge on any atom is 0.0558 e. The molecular formula is C6H16N2O. The number of likely N-dealkylation sites (N-methyl/N-ethyl adjacent to an activating group) is 1. The fraction of sp³-hybridized carbons (Fsp3) is 1.00. The Bertz CT molecular complexity index is 66.1. The standard InChI is InChI=1S/C6H16N2O/c1-6(7)5-8(2)3-4-9/h6,9H,3-5,7H2,1-2H3. The molecule has 0 aliphatic rings. The van der Waals surface area contributed by atoms with Crippen molar-refractivity contribution in [1.29, 1.82) is 0 Å². The second-order valence-corrected chi connectivity index (χ2v) is 2.46. The van der Waals surface area contributed by atoms with Gasteiger partial charge in [-0.15, -0.1) is 0 Å². The van der Waals surface area contributed by atoms with E-state index >= 15 is 0 Å². The number of aliphatic hydroxyl groups is 1. The van der Waals surface area contributed by atoms with Crippen LogP contribution < -0.4 is 5.73 Å². The van der Waals surface area contributed by atoms with Gasteiger partial charge in [0.1, 0.15) is 0 Å². The van der Waals surface area contributed by atoms with E-state index in [0.29, 0.717) is 6.54 Å². The van der Waals surface area contributed by atoms with Gasteiger partial charge in [0, 0.05) is 19.1 Å². The lowest BCUT2D eigenvalue weighted by Gasteiger charge is -2.16. The first kappa shape index (κ1) is 8.88. The molecule has 0 aliphatic heterocycles. The quantitative estimate of drug-likeness (QED) is 0.529. The summed E-state index contributed by atoms with van der Waals surface area (Å²) in [6.07, 6.45) is 0. The van der Waals surface area contributed by atoms with Crippen molar-refractivity contribution in [2.24, 2.45) is 5.73 Å². The van der Waals surface area contributed by atoms with E-state index < -0.39 is 0 Å². The fourth-order valence-corrected chi connectivity index (χ4v) is 0.754. The average Bonchev–Trinajstić information content (AvgIpc) is 1.63. The first-order valence-electron chi connectivity index (χ1n) is 3.21. The Morgan fingerprint density at radius 2 is 2.22 bits per heavy atom. The van der Waals surface area contributed by atoms with Gasteiger partial charge in [-0.1, -0.05) is 0 Å². The van der Waals surface area contributed by atoms with Gasteiger partial charge in [-0.2, -0.15) is 0 Å². The summed E-state index contributed by atoms with van der Waals surface area (Å²) in [5.74, 6) is 0. The van der Waals surface area contributed by atoms with Gasteiger partial charge in [0.15, 0.2) is 0 Å². The number of nitrogens with two attached hydrogens (primary N) is 1. The van der Waals surface area contributed by atoms with Crippen LogP contribution in [0.5, 0.6) is 0 Å². The predicted molar refractivity (Wildman–Crippen MR) is 38.2 cm³/mol. The minimum atomic E-state index is 0.196. The molecule has 0 rings (SSSR count). The van der Waals surface area contributed by atoms with Crippen LogP contribution in [0.3, 0.4) is 0 Å². The highest BCUT2D eigenvalue weighted by Crippen LogP contribution is 1.82. The van der Waals surface area contributed by atoms with Crippen molar-refractivity contribution < 1.29 is 5.11 Å². The van der Waals surface area contributed by atoms with Crippen molar-refractivity contribution in [3.05, 3.63) is 0 Å². The predicted octanol–water partition coefficient (Wildman–Crippen LogP) is -0.742. The molecule has 3 N–H and O–H groups in total. The SMILES string of the molecule is CC(N)CN(C)CCO. The van der Waals surface area contributed by atoms with Crippen LogP contribution in [0, 0.1) is 0 Å². The molecule has 56 valence electrons. The smallest absolute Gasteiger partial charge is 0.0558 e. The molecule has 0 saturated carbocycles. The van der Waals surface area contributed by atoms with Crippen molar-refractivity contribution in [3.8, 4) is 0 Å². The van der Waals surface area contributed by atoms with Crippen molar-refractivity contribution in [2.75, 3.05) is 26.7 Å². The number of aliphatic hydroxyl groups excluding tert-OH is 1. The molecule has 3 nitrogen and oxygen atoms in total. The van der Waals surface area contributed by atoms with Gasteiger partial charge in [-0.3, -0.25) is 0 Å². The molecule has 1 unspecified atom stereocenters. The van der Waals surface area contributed by atoms with E-state index in [1.54, 1.807) is 0 Å². The molecule has 0 aromatic rings. The number of hydrogen-bond donors (Lipinski definition) is 2. The molecule has 0 aliphatic carbocycles. The number of hydrogen-bond acceptors (Lipinski definition) is 3. The van der Waals surface area contributed by atoms with Crippen LogP contribution in [0.2, 0.25) is 0 Å². The molecule has 1 atom stereocenters. The summed E-state index contributed by atoms with van der Waals surface area (Å²) in [5, 5.41) is 8.47. The summed E-state index contributed by atoms with van der Waals surface area (Å²) >= 11 is 0. The first-order chi connectivity index (χ1) is 4.16. The molecular weight excluding hydrogens is 116 g/mol. The second kappa shape index (κ2) is 4.73. The normalized spacial score (nSPS) is 14.3. The van der Waals surface area contributed by atoms with E-state index in [9.17, 15) is 0 Å². The topological polar surface area (TPSA) is 49.5 Å². The molecule has 0 aromatic carbocycles. The minimum absolute atomic E-state index is 0.196. The van der Waals surface area contributed by atoms with Gasteiger partial charge in [-0.25, -0.2) is 0 Å². The highest BCUT2D eigenvalue weighted by molar-refractivity contribution is 4.58. The van der Waals surface area contributed by atoms with Crippen LogP contribution >= 0.6 is 0 Å². The van der Waals surface area contributed by atoms with E-state index in [4.69, 9.17) is 10.8 Å². The Hall–Kier alpha value is -0.120. The zero-order valence-electron chi connectivity index (χ0n) is 6.17. The Labute approximate surface area is 56.5 Å². The molecule has 0 amide bonds. The van der Waals surface area contributed by atoms with Crippen molar-refractivity contribution >= 4 is 0 Å². The number of rotatable bonds is 4. The van der Waals surface area contributed by atoms with Crippen molar-refractivity contribution in [3.63, 3.8) is 0 Å². The first-order valence-corrected chi connectivity index (χ1v) is 3.21. The van der Waals surface area contributed by atoms with E-state index in [0.717, 1.165) is 6.54 Å². The highest BCUT2D eigenvalue weighted by atomic mass is 16.3. The summed E-state index contributed by atoms with van der Waals surface area (Å²) in [7, 11) is 1.94. The van der Waals surface area contributed by atoms with Gasteiger partial charge < -0.3 is 15.7 Å². The third kappa shape index (κ3) is 5.76. The average molecular weight is 132 g/mol. The maximum atomic E-state index is 8.47. The van der Waals surface area contributed by atoms with Crippen LogP contribution in [0.25, 0.3) is 0 Å². The van der Waals surface area contributed by atoms with Crippen molar-refractivity contribution in [1.82, 2.24) is 4.90 Å². The Kier molecular flexibility index (Phi) is 4.67. The lowest BCUT2D eigenvalue weighted by atomic mass is 10.3. The molecule has 0 fully saturated rings. The van der Waals surface area contributed by atoms with E-state index in [1.165, 1.54) is 0 Å². The largest absolute Gasteiger partial charge is 0.395 e. The molecule has 0 aromatic heterocycles. The van der Waals surface area contributed by atoms with Crippen LogP contribution in [0.15, 0.2) is 0 Å². The zero-order chi connectivity index (χ0) is 7.28. The summed E-state index contributed by atoms with van der Waals surface area (Å²) < 4.78 is 0. The molecule has 0 heterocycles.